The Morgan fingerprint density at radius 2 is 2.30 bits per heavy atom. The first-order valence-corrected chi connectivity index (χ1v) is 7.42. The zero-order valence-corrected chi connectivity index (χ0v) is 11.5. The van der Waals surface area contributed by atoms with E-state index in [2.05, 4.69) is 5.32 Å². The molecule has 0 radical (unpaired) electrons. The van der Waals surface area contributed by atoms with Crippen molar-refractivity contribution in [3.8, 4) is 6.07 Å². The number of ether oxygens (including phenoxy) is 1. The molecule has 1 rings (SSSR count). The van der Waals surface area contributed by atoms with E-state index in [0.717, 1.165) is 18.9 Å². The van der Waals surface area contributed by atoms with Gasteiger partial charge in [-0.3, -0.25) is 14.1 Å². The van der Waals surface area contributed by atoms with Crippen molar-refractivity contribution < 1.29 is 27.3 Å². The molecular formula is C8H12N3NaO6S2. The Labute approximate surface area is 142 Å². The molecule has 0 aliphatic carbocycles. The Hall–Kier alpha value is -0.350. The number of nitrogens with one attached hydrogen (secondary N) is 1. The molecule has 20 heavy (non-hydrogen) atoms. The molecule has 0 spiro atoms. The van der Waals surface area contributed by atoms with Gasteiger partial charge in [-0.25, -0.2) is 4.31 Å². The first-order valence-electron chi connectivity index (χ1n) is 4.87. The van der Waals surface area contributed by atoms with Gasteiger partial charge >= 0.3 is 39.9 Å². The van der Waals surface area contributed by atoms with E-state index in [9.17, 15) is 18.0 Å². The summed E-state index contributed by atoms with van der Waals surface area (Å²) in [5.41, 5.74) is -1.78. The summed E-state index contributed by atoms with van der Waals surface area (Å²) in [4.78, 5) is 23.1. The van der Waals surface area contributed by atoms with Gasteiger partial charge in [0.1, 0.15) is 0 Å². The van der Waals surface area contributed by atoms with Crippen LogP contribution in [0.15, 0.2) is 0 Å². The van der Waals surface area contributed by atoms with Gasteiger partial charge in [0.25, 0.3) is 5.91 Å². The van der Waals surface area contributed by atoms with Crippen LogP contribution in [0, 0.1) is 11.3 Å². The summed E-state index contributed by atoms with van der Waals surface area (Å²) >= 11 is 1.03. The first-order chi connectivity index (χ1) is 8.77. The van der Waals surface area contributed by atoms with Gasteiger partial charge < -0.3 is 10.1 Å². The summed E-state index contributed by atoms with van der Waals surface area (Å²) < 4.78 is 35.3. The maximum absolute atomic E-state index is 11.6. The molecule has 2 N–H and O–H groups in total. The molecule has 12 heteroatoms. The van der Waals surface area contributed by atoms with Crippen LogP contribution in [0.5, 0.6) is 0 Å². The van der Waals surface area contributed by atoms with Crippen molar-refractivity contribution in [3.05, 3.63) is 0 Å². The van der Waals surface area contributed by atoms with Crippen LogP contribution >= 0.6 is 11.8 Å². The summed E-state index contributed by atoms with van der Waals surface area (Å²) in [6.07, 6.45) is 0. The van der Waals surface area contributed by atoms with Crippen molar-refractivity contribution in [2.75, 3.05) is 25.2 Å². The quantitative estimate of drug-likeness (QED) is 0.182. The summed E-state index contributed by atoms with van der Waals surface area (Å²) in [7, 11) is -3.52. The van der Waals surface area contributed by atoms with Gasteiger partial charge in [0.2, 0.25) is 11.6 Å². The standard InChI is InChI=1S/C8H11N3O6S2.Na.H/c1-17-8(10-6(12)4-18-3-2-9)5-11(7(8)13)19(14,15)16;;/h3-5H2,1H3,(H,10,12)(H,14,15,16);;. The van der Waals surface area contributed by atoms with Gasteiger partial charge in [0, 0.05) is 7.11 Å². The fourth-order valence-electron chi connectivity index (χ4n) is 1.38. The predicted octanol–water partition coefficient (Wildman–Crippen LogP) is -2.30. The van der Waals surface area contributed by atoms with Crippen LogP contribution in [-0.2, 0) is 24.6 Å². The Kier molecular flexibility index (Phi) is 7.47. The van der Waals surface area contributed by atoms with Crippen molar-refractivity contribution in [1.82, 2.24) is 9.62 Å². The van der Waals surface area contributed by atoms with Gasteiger partial charge in [0.05, 0.1) is 24.1 Å². The molecule has 1 fully saturated rings. The molecule has 1 heterocycles. The fraction of sp³-hybridized carbons (Fsp3) is 0.625. The molecule has 1 aliphatic heterocycles. The second-order valence-electron chi connectivity index (χ2n) is 3.52. The third-order valence-electron chi connectivity index (χ3n) is 2.31. The Bertz CT molecular complexity index is 533. The van der Waals surface area contributed by atoms with Crippen molar-refractivity contribution in [2.24, 2.45) is 0 Å². The van der Waals surface area contributed by atoms with Crippen LogP contribution in [0.3, 0.4) is 0 Å². The average Bonchev–Trinajstić information content (AvgIpc) is 2.32. The zero-order chi connectivity index (χ0) is 14.7. The Morgan fingerprint density at radius 1 is 1.70 bits per heavy atom. The minimum absolute atomic E-state index is 0. The number of carbonyl (C=O) groups excluding carboxylic acids is 2. The predicted molar refractivity (Wildman–Crippen MR) is 71.2 cm³/mol. The number of carbonyl (C=O) groups is 2. The van der Waals surface area contributed by atoms with Gasteiger partial charge in [0.15, 0.2) is 0 Å². The van der Waals surface area contributed by atoms with E-state index in [1.807, 2.05) is 6.07 Å². The number of hydrogen-bond donors (Lipinski definition) is 2. The minimum atomic E-state index is -4.65. The molecule has 0 aromatic heterocycles. The van der Waals surface area contributed by atoms with Crippen LogP contribution in [-0.4, -0.2) is 89.5 Å². The van der Waals surface area contributed by atoms with Crippen LogP contribution in [0.4, 0.5) is 0 Å². The average molecular weight is 333 g/mol. The van der Waals surface area contributed by atoms with Gasteiger partial charge in [-0.1, -0.05) is 0 Å². The molecule has 0 saturated carbocycles. The van der Waals surface area contributed by atoms with E-state index < -0.39 is 34.4 Å². The van der Waals surface area contributed by atoms with Crippen LogP contribution < -0.4 is 5.32 Å². The van der Waals surface area contributed by atoms with E-state index in [0.29, 0.717) is 0 Å². The second kappa shape index (κ2) is 7.60. The summed E-state index contributed by atoms with van der Waals surface area (Å²) in [6, 6.07) is 1.83. The number of methoxy groups -OCH3 is 1. The molecule has 9 nitrogen and oxygen atoms in total. The maximum atomic E-state index is 11.6. The monoisotopic (exact) mass is 333 g/mol. The third-order valence-corrected chi connectivity index (χ3v) is 3.96. The normalized spacial score (nSPS) is 21.4. The first kappa shape index (κ1) is 19.7. The summed E-state index contributed by atoms with van der Waals surface area (Å²) in [5.74, 6) is -1.61. The van der Waals surface area contributed by atoms with E-state index in [1.165, 1.54) is 0 Å². The van der Waals surface area contributed by atoms with E-state index in [1.54, 1.807) is 0 Å². The summed E-state index contributed by atoms with van der Waals surface area (Å²) in [5, 5.41) is 10.5. The third kappa shape index (κ3) is 4.32. The molecule has 0 bridgehead atoms. The second-order valence-corrected chi connectivity index (χ2v) is 5.84. The number of rotatable bonds is 6. The van der Waals surface area contributed by atoms with Crippen LogP contribution in [0.2, 0.25) is 0 Å². The Balaban J connectivity index is 0.00000361. The fourth-order valence-corrected chi connectivity index (χ4v) is 2.54. The topological polar surface area (TPSA) is 137 Å². The molecule has 2 amide bonds. The molecular weight excluding hydrogens is 321 g/mol. The number of β-lactam (4-membered cyclic amide) rings is 1. The van der Waals surface area contributed by atoms with Crippen molar-refractivity contribution in [3.63, 3.8) is 0 Å². The van der Waals surface area contributed by atoms with E-state index >= 15 is 0 Å². The summed E-state index contributed by atoms with van der Waals surface area (Å²) in [6.45, 7) is -0.504. The SMILES string of the molecule is COC1(NC(=O)CSCC#N)CN(S(=O)(=O)O)C1=O.[NaH]. The molecule has 1 saturated heterocycles. The Morgan fingerprint density at radius 3 is 2.70 bits per heavy atom. The van der Waals surface area contributed by atoms with Gasteiger partial charge in [-0.05, 0) is 0 Å². The van der Waals surface area contributed by atoms with Crippen LogP contribution in [0.1, 0.15) is 0 Å². The number of thioether (sulfide) groups is 1. The number of hydrogen-bond acceptors (Lipinski definition) is 7. The van der Waals surface area contributed by atoms with E-state index in [4.69, 9.17) is 14.6 Å². The number of nitriles is 1. The molecule has 0 aromatic carbocycles. The van der Waals surface area contributed by atoms with E-state index in [-0.39, 0.29) is 45.4 Å². The molecule has 1 atom stereocenters. The molecule has 1 aliphatic rings. The van der Waals surface area contributed by atoms with Gasteiger partial charge in [-0.2, -0.15) is 13.7 Å². The van der Waals surface area contributed by atoms with Crippen LogP contribution in [0.25, 0.3) is 0 Å². The molecule has 0 aromatic rings. The van der Waals surface area contributed by atoms with Gasteiger partial charge in [-0.15, -0.1) is 11.8 Å². The van der Waals surface area contributed by atoms with Crippen molar-refractivity contribution >= 4 is 63.4 Å². The zero-order valence-electron chi connectivity index (χ0n) is 9.82. The number of amides is 2. The molecule has 1 unspecified atom stereocenters. The van der Waals surface area contributed by atoms with Crippen molar-refractivity contribution in [2.45, 2.75) is 5.72 Å². The molecule has 108 valence electrons. The number of nitrogens with zero attached hydrogens (tertiary/aromatic N) is 2. The van der Waals surface area contributed by atoms with Crippen molar-refractivity contribution in [1.29, 1.82) is 5.26 Å².